The fourth-order valence-corrected chi connectivity index (χ4v) is 3.17. The lowest BCUT2D eigenvalue weighted by molar-refractivity contribution is -0.0370. The minimum atomic E-state index is -0.409. The number of hydrogen-bond acceptors (Lipinski definition) is 3. The third-order valence-electron chi connectivity index (χ3n) is 4.34. The molecule has 0 spiro atoms. The number of ether oxygens (including phenoxy) is 1. The maximum Gasteiger partial charge on any atom is 0.323 e. The number of rotatable bonds is 3. The molecule has 0 saturated carbocycles. The van der Waals surface area contributed by atoms with E-state index in [-0.39, 0.29) is 11.4 Å². The number of hydrogen-bond donors (Lipinski definition) is 2. The largest absolute Gasteiger partial charge is 0.377 e. The SMILES string of the molecule is CC1(C)COCCN1C(=O)c1cccc(NC(=O)Nc2cccc(Cl)c2)c1. The molecule has 1 aliphatic rings. The normalized spacial score (nSPS) is 15.9. The highest BCUT2D eigenvalue weighted by atomic mass is 35.5. The first kappa shape index (κ1) is 19.2. The number of urea groups is 1. The van der Waals surface area contributed by atoms with Gasteiger partial charge < -0.3 is 20.3 Å². The molecule has 3 amide bonds. The van der Waals surface area contributed by atoms with Crippen LogP contribution in [-0.2, 0) is 4.74 Å². The van der Waals surface area contributed by atoms with Crippen molar-refractivity contribution in [3.05, 3.63) is 59.1 Å². The van der Waals surface area contributed by atoms with E-state index in [0.29, 0.717) is 41.7 Å². The molecule has 1 saturated heterocycles. The highest BCUT2D eigenvalue weighted by Gasteiger charge is 2.34. The molecular weight excluding hydrogens is 366 g/mol. The first-order valence-electron chi connectivity index (χ1n) is 8.68. The van der Waals surface area contributed by atoms with Crippen LogP contribution < -0.4 is 10.6 Å². The van der Waals surface area contributed by atoms with Crippen molar-refractivity contribution in [1.29, 1.82) is 0 Å². The Kier molecular flexibility index (Phi) is 5.68. The average Bonchev–Trinajstić information content (AvgIpc) is 2.61. The van der Waals surface area contributed by atoms with Gasteiger partial charge in [-0.15, -0.1) is 0 Å². The fraction of sp³-hybridized carbons (Fsp3) is 0.300. The van der Waals surface area contributed by atoms with Crippen LogP contribution in [-0.4, -0.2) is 42.1 Å². The quantitative estimate of drug-likeness (QED) is 0.827. The van der Waals surface area contributed by atoms with Gasteiger partial charge in [0, 0.05) is 28.5 Å². The van der Waals surface area contributed by atoms with Crippen molar-refractivity contribution in [2.45, 2.75) is 19.4 Å². The Morgan fingerprint density at radius 2 is 1.74 bits per heavy atom. The molecule has 27 heavy (non-hydrogen) atoms. The first-order valence-corrected chi connectivity index (χ1v) is 9.06. The smallest absolute Gasteiger partial charge is 0.323 e. The summed E-state index contributed by atoms with van der Waals surface area (Å²) in [6, 6.07) is 13.4. The second-order valence-corrected chi connectivity index (χ2v) is 7.43. The van der Waals surface area contributed by atoms with Crippen LogP contribution in [0.15, 0.2) is 48.5 Å². The second-order valence-electron chi connectivity index (χ2n) is 6.99. The summed E-state index contributed by atoms with van der Waals surface area (Å²) in [6.45, 7) is 5.52. The summed E-state index contributed by atoms with van der Waals surface area (Å²) in [4.78, 5) is 26.9. The van der Waals surface area contributed by atoms with E-state index in [0.717, 1.165) is 0 Å². The van der Waals surface area contributed by atoms with Crippen LogP contribution >= 0.6 is 11.6 Å². The zero-order valence-electron chi connectivity index (χ0n) is 15.3. The Balaban J connectivity index is 1.69. The monoisotopic (exact) mass is 387 g/mol. The van der Waals surface area contributed by atoms with Crippen LogP contribution in [0.4, 0.5) is 16.2 Å². The van der Waals surface area contributed by atoms with Gasteiger partial charge in [-0.05, 0) is 50.2 Å². The lowest BCUT2D eigenvalue weighted by Gasteiger charge is -2.42. The minimum absolute atomic E-state index is 0.0813. The van der Waals surface area contributed by atoms with Crippen LogP contribution in [0.5, 0.6) is 0 Å². The second kappa shape index (κ2) is 7.98. The number of halogens is 1. The van der Waals surface area contributed by atoms with Crippen molar-refractivity contribution in [2.24, 2.45) is 0 Å². The van der Waals surface area contributed by atoms with Gasteiger partial charge in [0.2, 0.25) is 0 Å². The molecule has 1 fully saturated rings. The van der Waals surface area contributed by atoms with Gasteiger partial charge in [-0.3, -0.25) is 4.79 Å². The molecule has 0 unspecified atom stereocenters. The molecule has 1 heterocycles. The van der Waals surface area contributed by atoms with E-state index >= 15 is 0 Å². The van der Waals surface area contributed by atoms with E-state index in [4.69, 9.17) is 16.3 Å². The molecule has 142 valence electrons. The summed E-state index contributed by atoms with van der Waals surface area (Å²) in [5, 5.41) is 5.99. The minimum Gasteiger partial charge on any atom is -0.377 e. The molecule has 0 atom stereocenters. The summed E-state index contributed by atoms with van der Waals surface area (Å²) in [6.07, 6.45) is 0. The van der Waals surface area contributed by atoms with Gasteiger partial charge in [-0.2, -0.15) is 0 Å². The van der Waals surface area contributed by atoms with Gasteiger partial charge >= 0.3 is 6.03 Å². The number of nitrogens with zero attached hydrogens (tertiary/aromatic N) is 1. The predicted octanol–water partition coefficient (Wildman–Crippen LogP) is 4.24. The summed E-state index contributed by atoms with van der Waals surface area (Å²) < 4.78 is 5.47. The molecule has 3 rings (SSSR count). The highest BCUT2D eigenvalue weighted by molar-refractivity contribution is 6.30. The van der Waals surface area contributed by atoms with Crippen molar-refractivity contribution in [2.75, 3.05) is 30.4 Å². The van der Waals surface area contributed by atoms with E-state index in [1.54, 1.807) is 48.5 Å². The maximum absolute atomic E-state index is 12.9. The number of morpholine rings is 1. The van der Waals surface area contributed by atoms with Crippen molar-refractivity contribution in [1.82, 2.24) is 4.90 Å². The predicted molar refractivity (Wildman–Crippen MR) is 106 cm³/mol. The van der Waals surface area contributed by atoms with Crippen LogP contribution in [0.2, 0.25) is 5.02 Å². The maximum atomic E-state index is 12.9. The van der Waals surface area contributed by atoms with Crippen molar-refractivity contribution in [3.8, 4) is 0 Å². The highest BCUT2D eigenvalue weighted by Crippen LogP contribution is 2.23. The number of nitrogens with one attached hydrogen (secondary N) is 2. The zero-order chi connectivity index (χ0) is 19.4. The van der Waals surface area contributed by atoms with Gasteiger partial charge in [0.15, 0.2) is 0 Å². The molecule has 6 nitrogen and oxygen atoms in total. The molecule has 0 bridgehead atoms. The molecule has 2 aromatic rings. The molecule has 1 aliphatic heterocycles. The Morgan fingerprint density at radius 3 is 2.41 bits per heavy atom. The summed E-state index contributed by atoms with van der Waals surface area (Å²) in [7, 11) is 0. The Morgan fingerprint density at radius 1 is 1.07 bits per heavy atom. The average molecular weight is 388 g/mol. The third kappa shape index (κ3) is 4.78. The molecule has 0 aliphatic carbocycles. The van der Waals surface area contributed by atoms with E-state index < -0.39 is 6.03 Å². The number of benzene rings is 2. The Bertz CT molecular complexity index is 854. The standard InChI is InChI=1S/C20H22ClN3O3/c1-20(2)13-27-10-9-24(20)18(25)14-5-3-7-16(11-14)22-19(26)23-17-8-4-6-15(21)12-17/h3-8,11-12H,9-10,13H2,1-2H3,(H2,22,23,26). The molecule has 7 heteroatoms. The van der Waals surface area contributed by atoms with Gasteiger partial charge in [0.25, 0.3) is 5.91 Å². The van der Waals surface area contributed by atoms with Gasteiger partial charge in [0.05, 0.1) is 18.8 Å². The Hall–Kier alpha value is -2.57. The van der Waals surface area contributed by atoms with Gasteiger partial charge in [-0.1, -0.05) is 23.7 Å². The van der Waals surface area contributed by atoms with Gasteiger partial charge in [-0.25, -0.2) is 4.79 Å². The topological polar surface area (TPSA) is 70.7 Å². The van der Waals surface area contributed by atoms with Crippen molar-refractivity contribution in [3.63, 3.8) is 0 Å². The first-order chi connectivity index (χ1) is 12.8. The number of carbonyl (C=O) groups is 2. The van der Waals surface area contributed by atoms with Crippen LogP contribution in [0.3, 0.4) is 0 Å². The van der Waals surface area contributed by atoms with E-state index in [1.807, 2.05) is 18.7 Å². The Labute approximate surface area is 163 Å². The molecular formula is C20H22ClN3O3. The lowest BCUT2D eigenvalue weighted by atomic mass is 10.0. The number of amides is 3. The molecule has 2 N–H and O–H groups in total. The van der Waals surface area contributed by atoms with E-state index in [2.05, 4.69) is 10.6 Å². The summed E-state index contributed by atoms with van der Waals surface area (Å²) in [5.41, 5.74) is 1.27. The van der Waals surface area contributed by atoms with Crippen molar-refractivity contribution < 1.29 is 14.3 Å². The number of anilines is 2. The molecule has 2 aromatic carbocycles. The van der Waals surface area contributed by atoms with Crippen LogP contribution in [0.1, 0.15) is 24.2 Å². The molecule has 0 aromatic heterocycles. The number of carbonyl (C=O) groups excluding carboxylic acids is 2. The summed E-state index contributed by atoms with van der Waals surface area (Å²) >= 11 is 5.92. The molecule has 0 radical (unpaired) electrons. The van der Waals surface area contributed by atoms with Crippen molar-refractivity contribution >= 4 is 34.9 Å². The van der Waals surface area contributed by atoms with Gasteiger partial charge in [0.1, 0.15) is 0 Å². The van der Waals surface area contributed by atoms with Crippen LogP contribution in [0, 0.1) is 0 Å². The van der Waals surface area contributed by atoms with E-state index in [9.17, 15) is 9.59 Å². The van der Waals surface area contributed by atoms with Crippen LogP contribution in [0.25, 0.3) is 0 Å². The lowest BCUT2D eigenvalue weighted by Crippen LogP contribution is -2.55. The third-order valence-corrected chi connectivity index (χ3v) is 4.58. The zero-order valence-corrected chi connectivity index (χ0v) is 16.0. The fourth-order valence-electron chi connectivity index (χ4n) is 2.98. The van der Waals surface area contributed by atoms with E-state index in [1.165, 1.54) is 0 Å². The summed E-state index contributed by atoms with van der Waals surface area (Å²) in [5.74, 6) is -0.0813.